The molecule has 0 atom stereocenters. The maximum Gasteiger partial charge on any atom is 0.299 e. The Morgan fingerprint density at radius 1 is 1.26 bits per heavy atom. The van der Waals surface area contributed by atoms with Gasteiger partial charge in [0.25, 0.3) is 5.19 Å². The van der Waals surface area contributed by atoms with Crippen molar-refractivity contribution in [2.45, 2.75) is 6.54 Å². The van der Waals surface area contributed by atoms with Crippen LogP contribution in [0.15, 0.2) is 24.3 Å². The molecular weight excluding hydrogens is 286 g/mol. The van der Waals surface area contributed by atoms with Gasteiger partial charge in [0.1, 0.15) is 10.8 Å². The van der Waals surface area contributed by atoms with Gasteiger partial charge in [0.05, 0.1) is 6.61 Å². The lowest BCUT2D eigenvalue weighted by molar-refractivity contribution is 0.199. The Kier molecular flexibility index (Phi) is 5.53. The van der Waals surface area contributed by atoms with Crippen molar-refractivity contribution in [2.24, 2.45) is 0 Å². The average molecular weight is 300 g/mol. The Morgan fingerprint density at radius 2 is 2.05 bits per heavy atom. The second-order valence-electron chi connectivity index (χ2n) is 3.69. The third-order valence-electron chi connectivity index (χ3n) is 2.23. The van der Waals surface area contributed by atoms with Gasteiger partial charge in [-0.05, 0) is 24.3 Å². The quantitative estimate of drug-likeness (QED) is 0.797. The summed E-state index contributed by atoms with van der Waals surface area (Å²) in [5.74, 6) is 0.694. The number of halogens is 1. The molecule has 0 unspecified atom stereocenters. The van der Waals surface area contributed by atoms with Crippen LogP contribution in [0.2, 0.25) is 5.02 Å². The summed E-state index contributed by atoms with van der Waals surface area (Å²) < 4.78 is 10.5. The van der Waals surface area contributed by atoms with Gasteiger partial charge in [0, 0.05) is 25.2 Å². The molecule has 0 spiro atoms. The summed E-state index contributed by atoms with van der Waals surface area (Å²) in [6.07, 6.45) is 0. The summed E-state index contributed by atoms with van der Waals surface area (Å²) in [6, 6.07) is 7.12. The van der Waals surface area contributed by atoms with Gasteiger partial charge in [-0.25, -0.2) is 0 Å². The topological polar surface area (TPSA) is 56.3 Å². The number of nitrogens with one attached hydrogen (secondary N) is 1. The fourth-order valence-electron chi connectivity index (χ4n) is 1.32. The van der Waals surface area contributed by atoms with Crippen LogP contribution >= 0.6 is 22.9 Å². The van der Waals surface area contributed by atoms with Gasteiger partial charge in [0.15, 0.2) is 0 Å². The van der Waals surface area contributed by atoms with E-state index in [1.807, 2.05) is 0 Å². The van der Waals surface area contributed by atoms with Crippen molar-refractivity contribution in [1.29, 1.82) is 0 Å². The van der Waals surface area contributed by atoms with Gasteiger partial charge in [0.2, 0.25) is 0 Å². The first-order valence-electron chi connectivity index (χ1n) is 5.73. The van der Waals surface area contributed by atoms with Crippen molar-refractivity contribution >= 4 is 22.9 Å². The molecule has 0 bridgehead atoms. The van der Waals surface area contributed by atoms with Crippen molar-refractivity contribution in [1.82, 2.24) is 15.5 Å². The van der Waals surface area contributed by atoms with E-state index in [1.54, 1.807) is 31.4 Å². The number of methoxy groups -OCH3 is 1. The van der Waals surface area contributed by atoms with Gasteiger partial charge in [-0.15, -0.1) is 5.10 Å². The van der Waals surface area contributed by atoms with Crippen LogP contribution in [0.4, 0.5) is 0 Å². The molecule has 0 radical (unpaired) electrons. The first kappa shape index (κ1) is 14.2. The molecule has 0 fully saturated rings. The molecule has 1 N–H and O–H groups in total. The normalized spacial score (nSPS) is 10.6. The average Bonchev–Trinajstić information content (AvgIpc) is 2.85. The predicted octanol–water partition coefficient (Wildman–Crippen LogP) is 2.72. The van der Waals surface area contributed by atoms with E-state index in [0.29, 0.717) is 29.1 Å². The summed E-state index contributed by atoms with van der Waals surface area (Å²) in [4.78, 5) is 0. The van der Waals surface area contributed by atoms with Crippen LogP contribution in [0.3, 0.4) is 0 Å². The van der Waals surface area contributed by atoms with Gasteiger partial charge in [-0.3, -0.25) is 0 Å². The lowest BCUT2D eigenvalue weighted by Gasteiger charge is -2.00. The fourth-order valence-corrected chi connectivity index (χ4v) is 2.13. The standard InChI is InChI=1S/C12H14ClN3O2S/c1-17-7-6-14-8-11-15-16-12(19-11)18-10-4-2-9(13)3-5-10/h2-5,14H,6-8H2,1H3. The molecule has 0 saturated carbocycles. The largest absolute Gasteiger partial charge is 0.430 e. The van der Waals surface area contributed by atoms with Crippen LogP contribution in [0, 0.1) is 0 Å². The van der Waals surface area contributed by atoms with Crippen LogP contribution in [0.25, 0.3) is 0 Å². The molecule has 7 heteroatoms. The van der Waals surface area contributed by atoms with Crippen molar-refractivity contribution in [2.75, 3.05) is 20.3 Å². The van der Waals surface area contributed by atoms with E-state index in [2.05, 4.69) is 15.5 Å². The molecule has 0 aliphatic rings. The van der Waals surface area contributed by atoms with Crippen molar-refractivity contribution in [3.05, 3.63) is 34.3 Å². The Balaban J connectivity index is 1.85. The van der Waals surface area contributed by atoms with E-state index in [0.717, 1.165) is 11.6 Å². The SMILES string of the molecule is COCCNCc1nnc(Oc2ccc(Cl)cc2)s1. The van der Waals surface area contributed by atoms with Crippen molar-refractivity contribution in [3.63, 3.8) is 0 Å². The maximum absolute atomic E-state index is 5.80. The molecule has 1 aromatic carbocycles. The number of ether oxygens (including phenoxy) is 2. The lowest BCUT2D eigenvalue weighted by atomic mass is 10.3. The van der Waals surface area contributed by atoms with Crippen LogP contribution < -0.4 is 10.1 Å². The third-order valence-corrected chi connectivity index (χ3v) is 3.28. The molecule has 0 aliphatic heterocycles. The molecule has 1 aromatic heterocycles. The van der Waals surface area contributed by atoms with Crippen LogP contribution in [0.5, 0.6) is 10.9 Å². The van der Waals surface area contributed by atoms with E-state index >= 15 is 0 Å². The molecule has 0 saturated heterocycles. The van der Waals surface area contributed by atoms with Gasteiger partial charge in [-0.2, -0.15) is 0 Å². The molecule has 5 nitrogen and oxygen atoms in total. The first-order valence-corrected chi connectivity index (χ1v) is 6.93. The molecule has 2 aromatic rings. The van der Waals surface area contributed by atoms with Crippen molar-refractivity contribution < 1.29 is 9.47 Å². The Hall–Kier alpha value is -1.21. The fraction of sp³-hybridized carbons (Fsp3) is 0.333. The van der Waals surface area contributed by atoms with Crippen LogP contribution in [0.1, 0.15) is 5.01 Å². The number of rotatable bonds is 7. The molecular formula is C12H14ClN3O2S. The van der Waals surface area contributed by atoms with E-state index in [1.165, 1.54) is 11.3 Å². The minimum atomic E-state index is 0.519. The smallest absolute Gasteiger partial charge is 0.299 e. The predicted molar refractivity (Wildman–Crippen MR) is 75.0 cm³/mol. The molecule has 19 heavy (non-hydrogen) atoms. The zero-order chi connectivity index (χ0) is 13.5. The molecule has 1 heterocycles. The summed E-state index contributed by atoms with van der Waals surface area (Å²) in [5.41, 5.74) is 0. The Labute approximate surface area is 120 Å². The summed E-state index contributed by atoms with van der Waals surface area (Å²) in [6.45, 7) is 2.11. The van der Waals surface area contributed by atoms with Crippen LogP contribution in [-0.4, -0.2) is 30.5 Å². The first-order chi connectivity index (χ1) is 9.28. The highest BCUT2D eigenvalue weighted by atomic mass is 35.5. The zero-order valence-corrected chi connectivity index (χ0v) is 12.0. The van der Waals surface area contributed by atoms with Gasteiger partial charge < -0.3 is 14.8 Å². The number of hydrogen-bond donors (Lipinski definition) is 1. The van der Waals surface area contributed by atoms with E-state index in [4.69, 9.17) is 21.1 Å². The highest BCUT2D eigenvalue weighted by molar-refractivity contribution is 7.13. The maximum atomic E-state index is 5.80. The third kappa shape index (κ3) is 4.76. The number of aromatic nitrogens is 2. The number of hydrogen-bond acceptors (Lipinski definition) is 6. The molecule has 2 rings (SSSR count). The van der Waals surface area contributed by atoms with E-state index < -0.39 is 0 Å². The minimum Gasteiger partial charge on any atom is -0.430 e. The van der Waals surface area contributed by atoms with Gasteiger partial charge >= 0.3 is 0 Å². The minimum absolute atomic E-state index is 0.519. The molecule has 0 amide bonds. The van der Waals surface area contributed by atoms with Crippen molar-refractivity contribution in [3.8, 4) is 10.9 Å². The van der Waals surface area contributed by atoms with Gasteiger partial charge in [-0.1, -0.05) is 28.0 Å². The zero-order valence-electron chi connectivity index (χ0n) is 10.4. The summed E-state index contributed by atoms with van der Waals surface area (Å²) in [5, 5.41) is 13.3. The second kappa shape index (κ2) is 7.40. The number of nitrogens with zero attached hydrogens (tertiary/aromatic N) is 2. The van der Waals surface area contributed by atoms with E-state index in [9.17, 15) is 0 Å². The highest BCUT2D eigenvalue weighted by Crippen LogP contribution is 2.25. The highest BCUT2D eigenvalue weighted by Gasteiger charge is 2.06. The summed E-state index contributed by atoms with van der Waals surface area (Å²) >= 11 is 7.21. The monoisotopic (exact) mass is 299 g/mol. The second-order valence-corrected chi connectivity index (χ2v) is 5.15. The summed E-state index contributed by atoms with van der Waals surface area (Å²) in [7, 11) is 1.67. The number of benzene rings is 1. The van der Waals surface area contributed by atoms with E-state index in [-0.39, 0.29) is 0 Å². The Bertz CT molecular complexity index is 504. The molecule has 0 aliphatic carbocycles. The molecule has 102 valence electrons. The van der Waals surface area contributed by atoms with Crippen LogP contribution in [-0.2, 0) is 11.3 Å². The lowest BCUT2D eigenvalue weighted by Crippen LogP contribution is -2.18. The Morgan fingerprint density at radius 3 is 2.79 bits per heavy atom.